The molecule has 29 heavy (non-hydrogen) atoms. The SMILES string of the molecule is Cc1csc(C2CN(c3ccc4nnc(-c5cc(Cl)cc(Cl)c5)n4n3)CCO2)n1. The molecule has 7 nitrogen and oxygen atoms in total. The number of thiazole rings is 1. The van der Waals surface area contributed by atoms with Gasteiger partial charge in [-0.05, 0) is 37.3 Å². The van der Waals surface area contributed by atoms with E-state index in [4.69, 9.17) is 33.0 Å². The maximum Gasteiger partial charge on any atom is 0.185 e. The molecule has 3 aromatic heterocycles. The number of benzene rings is 1. The number of halogens is 2. The molecule has 0 aliphatic carbocycles. The first kappa shape index (κ1) is 18.7. The van der Waals surface area contributed by atoms with Crippen LogP contribution in [0.2, 0.25) is 10.0 Å². The van der Waals surface area contributed by atoms with Gasteiger partial charge in [0.2, 0.25) is 0 Å². The zero-order valence-electron chi connectivity index (χ0n) is 15.4. The average Bonchev–Trinajstić information content (AvgIpc) is 3.33. The lowest BCUT2D eigenvalue weighted by molar-refractivity contribution is 0.0392. The highest BCUT2D eigenvalue weighted by Crippen LogP contribution is 2.29. The Balaban J connectivity index is 1.49. The third kappa shape index (κ3) is 3.69. The summed E-state index contributed by atoms with van der Waals surface area (Å²) in [7, 11) is 0. The summed E-state index contributed by atoms with van der Waals surface area (Å²) in [5.74, 6) is 1.42. The molecule has 0 amide bonds. The molecule has 1 atom stereocenters. The smallest absolute Gasteiger partial charge is 0.185 e. The Hall–Kier alpha value is -2.26. The van der Waals surface area contributed by atoms with E-state index in [0.29, 0.717) is 34.7 Å². The third-order valence-corrected chi connectivity index (χ3v) is 6.16. The lowest BCUT2D eigenvalue weighted by Gasteiger charge is -2.32. The van der Waals surface area contributed by atoms with Gasteiger partial charge in [-0.3, -0.25) is 0 Å². The zero-order valence-corrected chi connectivity index (χ0v) is 17.7. The van der Waals surface area contributed by atoms with Crippen LogP contribution in [0.1, 0.15) is 16.8 Å². The Morgan fingerprint density at radius 1 is 1.14 bits per heavy atom. The molecule has 0 saturated carbocycles. The van der Waals surface area contributed by atoms with E-state index in [1.807, 2.05) is 24.4 Å². The first-order valence-corrected chi connectivity index (χ1v) is 10.7. The van der Waals surface area contributed by atoms with E-state index in [2.05, 4.69) is 20.1 Å². The quantitative estimate of drug-likeness (QED) is 0.463. The van der Waals surface area contributed by atoms with Crippen LogP contribution in [0, 0.1) is 6.92 Å². The van der Waals surface area contributed by atoms with E-state index in [1.165, 1.54) is 0 Å². The molecule has 0 N–H and O–H groups in total. The molecule has 1 aliphatic rings. The number of nitrogens with zero attached hydrogens (tertiary/aromatic N) is 6. The fourth-order valence-electron chi connectivity index (χ4n) is 3.34. The van der Waals surface area contributed by atoms with Crippen LogP contribution < -0.4 is 4.90 Å². The molecule has 1 aromatic carbocycles. The van der Waals surface area contributed by atoms with Gasteiger partial charge < -0.3 is 9.64 Å². The molecule has 10 heteroatoms. The van der Waals surface area contributed by atoms with E-state index >= 15 is 0 Å². The molecule has 1 aliphatic heterocycles. The summed E-state index contributed by atoms with van der Waals surface area (Å²) in [5.41, 5.74) is 2.43. The molecule has 1 unspecified atom stereocenters. The first-order chi connectivity index (χ1) is 14.1. The van der Waals surface area contributed by atoms with Crippen molar-refractivity contribution in [1.29, 1.82) is 0 Å². The van der Waals surface area contributed by atoms with Gasteiger partial charge in [0.15, 0.2) is 11.5 Å². The molecule has 0 spiro atoms. The number of hydrogen-bond acceptors (Lipinski definition) is 7. The number of rotatable bonds is 3. The van der Waals surface area contributed by atoms with Crippen molar-refractivity contribution in [2.45, 2.75) is 13.0 Å². The van der Waals surface area contributed by atoms with Crippen LogP contribution in [0.3, 0.4) is 0 Å². The second-order valence-corrected chi connectivity index (χ2v) is 8.54. The summed E-state index contributed by atoms with van der Waals surface area (Å²) in [5, 5.41) is 17.4. The van der Waals surface area contributed by atoms with Gasteiger partial charge in [-0.1, -0.05) is 23.2 Å². The Labute approximate surface area is 180 Å². The summed E-state index contributed by atoms with van der Waals surface area (Å²) in [4.78, 5) is 6.76. The molecule has 4 heterocycles. The molecular weight excluding hydrogens is 431 g/mol. The normalized spacial score (nSPS) is 17.2. The van der Waals surface area contributed by atoms with Crippen molar-refractivity contribution in [2.24, 2.45) is 0 Å². The zero-order chi connectivity index (χ0) is 20.0. The molecule has 1 saturated heterocycles. The van der Waals surface area contributed by atoms with E-state index < -0.39 is 0 Å². The Morgan fingerprint density at radius 2 is 1.97 bits per heavy atom. The Bertz CT molecular complexity index is 1170. The van der Waals surface area contributed by atoms with Crippen LogP contribution in [0.25, 0.3) is 17.0 Å². The van der Waals surface area contributed by atoms with E-state index in [1.54, 1.807) is 34.1 Å². The molecule has 1 fully saturated rings. The van der Waals surface area contributed by atoms with Crippen molar-refractivity contribution >= 4 is 46.0 Å². The van der Waals surface area contributed by atoms with Gasteiger partial charge in [-0.2, -0.15) is 4.52 Å². The maximum atomic E-state index is 6.16. The standard InChI is InChI=1S/C19H16Cl2N6OS/c1-11-10-29-19(22-11)15-9-26(4-5-28-15)17-3-2-16-23-24-18(27(16)25-17)12-6-13(20)8-14(21)7-12/h2-3,6-8,10,15H,4-5,9H2,1H3. The highest BCUT2D eigenvalue weighted by Gasteiger charge is 2.25. The van der Waals surface area contributed by atoms with E-state index in [-0.39, 0.29) is 6.10 Å². The van der Waals surface area contributed by atoms with Gasteiger partial charge in [0.25, 0.3) is 0 Å². The number of fused-ring (bicyclic) bond motifs is 1. The minimum atomic E-state index is -0.0629. The Kier molecular flexibility index (Phi) is 4.87. The second-order valence-electron chi connectivity index (χ2n) is 6.78. The fraction of sp³-hybridized carbons (Fsp3) is 0.263. The van der Waals surface area contributed by atoms with Crippen molar-refractivity contribution < 1.29 is 4.74 Å². The van der Waals surface area contributed by atoms with Gasteiger partial charge in [0.1, 0.15) is 16.9 Å². The molecule has 0 bridgehead atoms. The average molecular weight is 447 g/mol. The molecule has 148 valence electrons. The van der Waals surface area contributed by atoms with Gasteiger partial charge in [0, 0.05) is 33.2 Å². The van der Waals surface area contributed by atoms with E-state index in [9.17, 15) is 0 Å². The molecular formula is C19H16Cl2N6OS. The molecule has 4 aromatic rings. The minimum absolute atomic E-state index is 0.0629. The number of aryl methyl sites for hydroxylation is 1. The van der Waals surface area contributed by atoms with Crippen LogP contribution in [0.15, 0.2) is 35.7 Å². The summed E-state index contributed by atoms with van der Waals surface area (Å²) in [6.07, 6.45) is -0.0629. The third-order valence-electron chi connectivity index (χ3n) is 4.67. The topological polar surface area (TPSA) is 68.4 Å². The molecule has 0 radical (unpaired) electrons. The van der Waals surface area contributed by atoms with Crippen LogP contribution in [-0.4, -0.2) is 44.5 Å². The summed E-state index contributed by atoms with van der Waals surface area (Å²) >= 11 is 13.9. The van der Waals surface area contributed by atoms with E-state index in [0.717, 1.165) is 28.6 Å². The highest BCUT2D eigenvalue weighted by molar-refractivity contribution is 7.09. The van der Waals surface area contributed by atoms with Gasteiger partial charge in [-0.25, -0.2) is 4.98 Å². The summed E-state index contributed by atoms with van der Waals surface area (Å²) < 4.78 is 7.66. The van der Waals surface area contributed by atoms with Crippen molar-refractivity contribution in [1.82, 2.24) is 24.8 Å². The lowest BCUT2D eigenvalue weighted by Crippen LogP contribution is -2.39. The largest absolute Gasteiger partial charge is 0.367 e. The summed E-state index contributed by atoms with van der Waals surface area (Å²) in [6.45, 7) is 4.04. The first-order valence-electron chi connectivity index (χ1n) is 9.04. The molecule has 5 rings (SSSR count). The van der Waals surface area contributed by atoms with Crippen molar-refractivity contribution in [3.63, 3.8) is 0 Å². The fourth-order valence-corrected chi connectivity index (χ4v) is 4.70. The predicted molar refractivity (Wildman–Crippen MR) is 114 cm³/mol. The second kappa shape index (κ2) is 7.53. The number of morpholine rings is 1. The Morgan fingerprint density at radius 3 is 2.72 bits per heavy atom. The monoisotopic (exact) mass is 446 g/mol. The minimum Gasteiger partial charge on any atom is -0.367 e. The number of ether oxygens (including phenoxy) is 1. The predicted octanol–water partition coefficient (Wildman–Crippen LogP) is 4.44. The van der Waals surface area contributed by atoms with Crippen molar-refractivity contribution in [2.75, 3.05) is 24.6 Å². The summed E-state index contributed by atoms with van der Waals surface area (Å²) in [6, 6.07) is 9.14. The van der Waals surface area contributed by atoms with Crippen LogP contribution in [-0.2, 0) is 4.74 Å². The van der Waals surface area contributed by atoms with Crippen molar-refractivity contribution in [3.05, 3.63) is 56.5 Å². The van der Waals surface area contributed by atoms with Gasteiger partial charge in [0.05, 0.1) is 13.2 Å². The van der Waals surface area contributed by atoms with Gasteiger partial charge in [-0.15, -0.1) is 26.6 Å². The number of anilines is 1. The highest BCUT2D eigenvalue weighted by atomic mass is 35.5. The van der Waals surface area contributed by atoms with Gasteiger partial charge >= 0.3 is 0 Å². The number of aromatic nitrogens is 5. The van der Waals surface area contributed by atoms with Crippen LogP contribution in [0.5, 0.6) is 0 Å². The van der Waals surface area contributed by atoms with Crippen LogP contribution >= 0.6 is 34.5 Å². The van der Waals surface area contributed by atoms with Crippen molar-refractivity contribution in [3.8, 4) is 11.4 Å². The number of hydrogen-bond donors (Lipinski definition) is 0. The maximum absolute atomic E-state index is 6.16. The van der Waals surface area contributed by atoms with Crippen LogP contribution in [0.4, 0.5) is 5.82 Å². The lowest BCUT2D eigenvalue weighted by atomic mass is 10.2.